The summed E-state index contributed by atoms with van der Waals surface area (Å²) in [6.45, 7) is 7.72. The maximum Gasteiger partial charge on any atom is 0.252 e. The Kier molecular flexibility index (Phi) is 8.06. The van der Waals surface area contributed by atoms with Gasteiger partial charge in [-0.1, -0.05) is 19.1 Å². The molecular weight excluding hydrogens is 494 g/mol. The number of ether oxygens (including phenoxy) is 1. The van der Waals surface area contributed by atoms with Gasteiger partial charge in [-0.3, -0.25) is 14.6 Å². The van der Waals surface area contributed by atoms with Gasteiger partial charge < -0.3 is 25.9 Å². The first-order valence-electron chi connectivity index (χ1n) is 13.3. The van der Waals surface area contributed by atoms with E-state index in [1.807, 2.05) is 36.4 Å². The van der Waals surface area contributed by atoms with Gasteiger partial charge in [0.25, 0.3) is 5.91 Å². The number of nitrogens with one attached hydrogen (secondary N) is 2. The summed E-state index contributed by atoms with van der Waals surface area (Å²) in [5, 5.41) is 12.7. The van der Waals surface area contributed by atoms with Crippen LogP contribution in [-0.2, 0) is 13.0 Å². The van der Waals surface area contributed by atoms with Crippen molar-refractivity contribution in [3.05, 3.63) is 65.4 Å². The molecule has 1 aliphatic rings. The number of H-pyrrole nitrogens is 1. The number of aliphatic hydroxyl groups excluding tert-OH is 1. The highest BCUT2D eigenvalue weighted by molar-refractivity contribution is 6.06. The first-order valence-corrected chi connectivity index (χ1v) is 13.3. The number of methoxy groups -OCH3 is 1. The van der Waals surface area contributed by atoms with Crippen LogP contribution >= 0.6 is 0 Å². The van der Waals surface area contributed by atoms with Gasteiger partial charge >= 0.3 is 0 Å². The Balaban J connectivity index is 1.47. The average Bonchev–Trinajstić information content (AvgIpc) is 3.39. The van der Waals surface area contributed by atoms with Gasteiger partial charge in [0, 0.05) is 56.7 Å². The molecule has 5 rings (SSSR count). The van der Waals surface area contributed by atoms with Crippen molar-refractivity contribution in [3.8, 4) is 17.1 Å². The number of β-amino-alcohol motifs (C(OH)–C–C–N with tert-alkyl or cyclic N) is 1. The number of benzene rings is 2. The van der Waals surface area contributed by atoms with Crippen molar-refractivity contribution in [2.75, 3.05) is 51.8 Å². The molecule has 1 saturated heterocycles. The normalized spacial score (nSPS) is 14.5. The van der Waals surface area contributed by atoms with Crippen molar-refractivity contribution in [2.24, 2.45) is 5.73 Å². The quantitative estimate of drug-likeness (QED) is 0.246. The largest absolute Gasteiger partial charge is 0.497 e. The molecule has 0 unspecified atom stereocenters. The maximum atomic E-state index is 12.4. The third-order valence-corrected chi connectivity index (χ3v) is 7.31. The lowest BCUT2D eigenvalue weighted by Crippen LogP contribution is -2.46. The van der Waals surface area contributed by atoms with Gasteiger partial charge in [-0.2, -0.15) is 0 Å². The van der Waals surface area contributed by atoms with Crippen LogP contribution in [0, 0.1) is 0 Å². The molecule has 0 atom stereocenters. The van der Waals surface area contributed by atoms with Crippen molar-refractivity contribution in [1.82, 2.24) is 24.8 Å². The SMILES string of the molecule is CCc1c(CN2CCN(CCO)CC2)cccc1Nc1c(C(N)=O)cnc2nc(-c3ccc(OC)cc3)[nH]c12. The van der Waals surface area contributed by atoms with E-state index in [9.17, 15) is 9.90 Å². The zero-order valence-corrected chi connectivity index (χ0v) is 22.4. The smallest absolute Gasteiger partial charge is 0.252 e. The van der Waals surface area contributed by atoms with Crippen LogP contribution in [-0.4, -0.2) is 82.2 Å². The molecule has 2 aromatic heterocycles. The molecule has 10 heteroatoms. The van der Waals surface area contributed by atoms with E-state index >= 15 is 0 Å². The van der Waals surface area contributed by atoms with E-state index in [2.05, 4.69) is 43.1 Å². The number of carbonyl (C=O) groups is 1. The minimum atomic E-state index is -0.567. The van der Waals surface area contributed by atoms with Crippen LogP contribution in [0.1, 0.15) is 28.4 Å². The first-order chi connectivity index (χ1) is 19.0. The number of hydrogen-bond donors (Lipinski definition) is 4. The molecule has 5 N–H and O–H groups in total. The van der Waals surface area contributed by atoms with E-state index in [0.717, 1.165) is 62.7 Å². The van der Waals surface area contributed by atoms with Crippen molar-refractivity contribution in [2.45, 2.75) is 19.9 Å². The molecule has 0 bridgehead atoms. The lowest BCUT2D eigenvalue weighted by molar-refractivity contribution is 0.100. The molecular formula is C29H35N7O3. The number of aromatic amines is 1. The van der Waals surface area contributed by atoms with Crippen LogP contribution in [0.2, 0.25) is 0 Å². The predicted molar refractivity (Wildman–Crippen MR) is 152 cm³/mol. The fourth-order valence-corrected chi connectivity index (χ4v) is 5.16. The molecule has 0 radical (unpaired) electrons. The lowest BCUT2D eigenvalue weighted by atomic mass is 10.0. The van der Waals surface area contributed by atoms with Gasteiger partial charge in [-0.05, 0) is 47.9 Å². The lowest BCUT2D eigenvalue weighted by Gasteiger charge is -2.34. The van der Waals surface area contributed by atoms with Crippen molar-refractivity contribution >= 4 is 28.4 Å². The number of nitrogens with zero attached hydrogens (tertiary/aromatic N) is 4. The number of amides is 1. The highest BCUT2D eigenvalue weighted by atomic mass is 16.5. The molecule has 1 fully saturated rings. The minimum absolute atomic E-state index is 0.196. The fourth-order valence-electron chi connectivity index (χ4n) is 5.16. The minimum Gasteiger partial charge on any atom is -0.497 e. The van der Waals surface area contributed by atoms with Crippen LogP contribution in [0.15, 0.2) is 48.7 Å². The summed E-state index contributed by atoms with van der Waals surface area (Å²) in [6.07, 6.45) is 2.30. The summed E-state index contributed by atoms with van der Waals surface area (Å²) in [5.41, 5.74) is 11.9. The molecule has 204 valence electrons. The van der Waals surface area contributed by atoms with E-state index in [1.54, 1.807) is 7.11 Å². The summed E-state index contributed by atoms with van der Waals surface area (Å²) in [4.78, 5) is 29.6. The number of piperazine rings is 1. The highest BCUT2D eigenvalue weighted by Crippen LogP contribution is 2.33. The van der Waals surface area contributed by atoms with Gasteiger partial charge in [-0.15, -0.1) is 0 Å². The van der Waals surface area contributed by atoms with E-state index in [4.69, 9.17) is 10.5 Å². The second kappa shape index (κ2) is 11.8. The molecule has 39 heavy (non-hydrogen) atoms. The second-order valence-corrected chi connectivity index (χ2v) is 9.69. The van der Waals surface area contributed by atoms with Crippen molar-refractivity contribution < 1.29 is 14.6 Å². The predicted octanol–water partition coefficient (Wildman–Crippen LogP) is 3.15. The molecule has 0 spiro atoms. The summed E-state index contributed by atoms with van der Waals surface area (Å²) in [6, 6.07) is 13.8. The molecule has 1 amide bonds. The number of aromatic nitrogens is 3. The summed E-state index contributed by atoms with van der Waals surface area (Å²) >= 11 is 0. The summed E-state index contributed by atoms with van der Waals surface area (Å²) in [7, 11) is 1.63. The molecule has 0 aliphatic carbocycles. The fraction of sp³-hybridized carbons (Fsp3) is 0.345. The molecule has 1 aliphatic heterocycles. The van der Waals surface area contributed by atoms with E-state index in [-0.39, 0.29) is 6.61 Å². The van der Waals surface area contributed by atoms with Gasteiger partial charge in [-0.25, -0.2) is 9.97 Å². The van der Waals surface area contributed by atoms with Crippen LogP contribution in [0.4, 0.5) is 11.4 Å². The van der Waals surface area contributed by atoms with Crippen LogP contribution in [0.5, 0.6) is 5.75 Å². The van der Waals surface area contributed by atoms with Gasteiger partial charge in [0.15, 0.2) is 5.65 Å². The maximum absolute atomic E-state index is 12.4. The topological polar surface area (TPSA) is 133 Å². The molecule has 0 saturated carbocycles. The summed E-state index contributed by atoms with van der Waals surface area (Å²) < 4.78 is 5.27. The third kappa shape index (κ3) is 5.73. The van der Waals surface area contributed by atoms with Crippen LogP contribution in [0.3, 0.4) is 0 Å². The Labute approximate surface area is 227 Å². The first kappa shape index (κ1) is 26.6. The average molecular weight is 530 g/mol. The van der Waals surface area contributed by atoms with Crippen LogP contribution < -0.4 is 15.8 Å². The van der Waals surface area contributed by atoms with Crippen molar-refractivity contribution in [3.63, 3.8) is 0 Å². The second-order valence-electron chi connectivity index (χ2n) is 9.69. The standard InChI is InChI=1S/C29H35N7O3/c1-3-22-20(18-36-13-11-35(12-14-36)15-16-37)5-4-6-24(22)32-25-23(27(30)38)17-31-29-26(25)33-28(34-29)19-7-9-21(39-2)10-8-19/h4-10,17,37H,3,11-16,18H2,1-2H3,(H2,30,38)(H2,31,32,33,34). The van der Waals surface area contributed by atoms with E-state index in [1.165, 1.54) is 17.3 Å². The number of pyridine rings is 1. The zero-order valence-electron chi connectivity index (χ0n) is 22.4. The molecule has 10 nitrogen and oxygen atoms in total. The van der Waals surface area contributed by atoms with Gasteiger partial charge in [0.2, 0.25) is 0 Å². The molecule has 4 aromatic rings. The number of aliphatic hydroxyl groups is 1. The van der Waals surface area contributed by atoms with Gasteiger partial charge in [0.1, 0.15) is 17.1 Å². The van der Waals surface area contributed by atoms with Crippen LogP contribution in [0.25, 0.3) is 22.6 Å². The number of fused-ring (bicyclic) bond motifs is 1. The zero-order chi connectivity index (χ0) is 27.4. The Morgan fingerprint density at radius 3 is 2.54 bits per heavy atom. The number of anilines is 2. The molecule has 2 aromatic carbocycles. The highest BCUT2D eigenvalue weighted by Gasteiger charge is 2.21. The molecule has 3 heterocycles. The van der Waals surface area contributed by atoms with E-state index in [0.29, 0.717) is 28.2 Å². The number of hydrogen-bond acceptors (Lipinski definition) is 8. The Bertz CT molecular complexity index is 1440. The number of nitrogens with two attached hydrogens (primary N) is 1. The van der Waals surface area contributed by atoms with Gasteiger partial charge in [0.05, 0.1) is 25.0 Å². The Morgan fingerprint density at radius 1 is 1.13 bits per heavy atom. The van der Waals surface area contributed by atoms with Crippen molar-refractivity contribution in [1.29, 1.82) is 0 Å². The summed E-state index contributed by atoms with van der Waals surface area (Å²) in [5.74, 6) is 0.822. The van der Waals surface area contributed by atoms with E-state index < -0.39 is 5.91 Å². The number of primary amides is 1. The monoisotopic (exact) mass is 529 g/mol. The Morgan fingerprint density at radius 2 is 1.87 bits per heavy atom. The number of carbonyl (C=O) groups excluding carboxylic acids is 1. The Hall–Kier alpha value is -3.99. The number of rotatable bonds is 10. The third-order valence-electron chi connectivity index (χ3n) is 7.31. The number of imidazole rings is 1.